The molecule has 1 aromatic rings. The third-order valence-corrected chi connectivity index (χ3v) is 7.17. The Bertz CT molecular complexity index is 871. The predicted octanol–water partition coefficient (Wildman–Crippen LogP) is 3.88. The van der Waals surface area contributed by atoms with Gasteiger partial charge < -0.3 is 9.64 Å². The van der Waals surface area contributed by atoms with Crippen molar-refractivity contribution in [3.63, 3.8) is 0 Å². The van der Waals surface area contributed by atoms with E-state index in [1.54, 1.807) is 6.08 Å². The lowest BCUT2D eigenvalue weighted by molar-refractivity contribution is -0.158. The number of carbonyl (C=O) groups is 2. The number of esters is 1. The van der Waals surface area contributed by atoms with Crippen LogP contribution in [0.2, 0.25) is 0 Å². The molecule has 4 aliphatic rings. The number of carbonyl (C=O) groups excluding carboxylic acids is 2. The van der Waals surface area contributed by atoms with Crippen LogP contribution >= 0.6 is 0 Å². The molecule has 1 aromatic carbocycles. The molecule has 3 heterocycles. The first-order chi connectivity index (χ1) is 13.1. The fraction of sp³-hybridized carbons (Fsp3) is 0.478. The number of hydrogen-bond acceptors (Lipinski definition) is 3. The van der Waals surface area contributed by atoms with Gasteiger partial charge in [-0.3, -0.25) is 4.79 Å². The van der Waals surface area contributed by atoms with Crippen LogP contribution < -0.4 is 0 Å². The lowest BCUT2D eigenvalue weighted by Gasteiger charge is -2.49. The van der Waals surface area contributed by atoms with Gasteiger partial charge in [0.15, 0.2) is 5.60 Å². The largest absolute Gasteiger partial charge is 0.444 e. The van der Waals surface area contributed by atoms with Crippen LogP contribution in [0.3, 0.4) is 0 Å². The summed E-state index contributed by atoms with van der Waals surface area (Å²) in [6.07, 6.45) is 9.31. The van der Waals surface area contributed by atoms with Crippen LogP contribution in [0.15, 0.2) is 47.6 Å². The highest BCUT2D eigenvalue weighted by molar-refractivity contribution is 5.90. The molecule has 1 saturated carbocycles. The zero-order valence-corrected chi connectivity index (χ0v) is 15.7. The van der Waals surface area contributed by atoms with Crippen molar-refractivity contribution >= 4 is 18.0 Å². The van der Waals surface area contributed by atoms with Crippen molar-refractivity contribution < 1.29 is 14.3 Å². The second-order valence-corrected chi connectivity index (χ2v) is 8.38. The minimum Gasteiger partial charge on any atom is -0.444 e. The molecule has 1 aliphatic carbocycles. The molecule has 27 heavy (non-hydrogen) atoms. The second-order valence-electron chi connectivity index (χ2n) is 8.38. The molecule has 3 aliphatic heterocycles. The van der Waals surface area contributed by atoms with Crippen LogP contribution in [-0.4, -0.2) is 34.5 Å². The molecular formula is C23H25NO3. The predicted molar refractivity (Wildman–Crippen MR) is 103 cm³/mol. The first-order valence-electron chi connectivity index (χ1n) is 10.1. The molecule has 2 saturated heterocycles. The van der Waals surface area contributed by atoms with Gasteiger partial charge in [-0.2, -0.15) is 0 Å². The van der Waals surface area contributed by atoms with Crippen molar-refractivity contribution in [1.82, 2.24) is 4.90 Å². The van der Waals surface area contributed by atoms with Gasteiger partial charge in [-0.15, -0.1) is 0 Å². The first kappa shape index (κ1) is 16.8. The maximum atomic E-state index is 12.8. The summed E-state index contributed by atoms with van der Waals surface area (Å²) in [7, 11) is 0. The molecule has 0 aromatic heterocycles. The fourth-order valence-corrected chi connectivity index (χ4v) is 6.25. The molecule has 5 rings (SSSR count). The number of rotatable bonds is 1. The van der Waals surface area contributed by atoms with E-state index in [1.807, 2.05) is 25.1 Å². The summed E-state index contributed by atoms with van der Waals surface area (Å²) in [5, 5.41) is 0. The Morgan fingerprint density at radius 2 is 2.00 bits per heavy atom. The Hall–Kier alpha value is -2.36. The number of hydrogen-bond donors (Lipinski definition) is 0. The maximum absolute atomic E-state index is 12.8. The molecule has 0 radical (unpaired) electrons. The fourth-order valence-electron chi connectivity index (χ4n) is 6.25. The molecule has 140 valence electrons. The van der Waals surface area contributed by atoms with Crippen LogP contribution in [0, 0.1) is 5.92 Å². The van der Waals surface area contributed by atoms with Crippen LogP contribution in [0.25, 0.3) is 6.08 Å². The van der Waals surface area contributed by atoms with E-state index in [1.165, 1.54) is 0 Å². The van der Waals surface area contributed by atoms with Crippen molar-refractivity contribution in [2.24, 2.45) is 5.92 Å². The highest BCUT2D eigenvalue weighted by atomic mass is 16.6. The van der Waals surface area contributed by atoms with Crippen molar-refractivity contribution in [3.8, 4) is 0 Å². The smallest absolute Gasteiger partial charge is 0.332 e. The van der Waals surface area contributed by atoms with Crippen molar-refractivity contribution in [2.45, 2.75) is 56.6 Å². The van der Waals surface area contributed by atoms with Gasteiger partial charge >= 0.3 is 5.97 Å². The normalized spacial score (nSPS) is 36.6. The van der Waals surface area contributed by atoms with Gasteiger partial charge in [0.25, 0.3) is 0 Å². The molecular weight excluding hydrogens is 338 g/mol. The van der Waals surface area contributed by atoms with Gasteiger partial charge in [0.1, 0.15) is 0 Å². The quantitative estimate of drug-likeness (QED) is 0.712. The van der Waals surface area contributed by atoms with Crippen LogP contribution in [0.1, 0.15) is 51.0 Å². The van der Waals surface area contributed by atoms with Gasteiger partial charge in [0.05, 0.1) is 5.54 Å². The standard InChI is InChI=1S/C23H25NO3/c1-16-13-21(26)27-23(16)19(14-17-7-3-2-4-8-17)15-18-9-5-6-12-24-20(25)10-11-22(18,23)24/h2-4,7-8,13-14,18H,5-6,9-12,15H2,1H3/b19-14+. The van der Waals surface area contributed by atoms with Crippen LogP contribution in [-0.2, 0) is 14.3 Å². The number of benzene rings is 1. The van der Waals surface area contributed by atoms with Gasteiger partial charge in [0, 0.05) is 19.0 Å². The van der Waals surface area contributed by atoms with E-state index < -0.39 is 11.1 Å². The van der Waals surface area contributed by atoms with Gasteiger partial charge in [-0.05, 0) is 55.2 Å². The van der Waals surface area contributed by atoms with Gasteiger partial charge in [-0.25, -0.2) is 4.79 Å². The van der Waals surface area contributed by atoms with E-state index in [4.69, 9.17) is 4.74 Å². The summed E-state index contributed by atoms with van der Waals surface area (Å²) in [5.41, 5.74) is 2.03. The molecule has 3 unspecified atom stereocenters. The number of nitrogens with zero attached hydrogens (tertiary/aromatic N) is 1. The Kier molecular flexibility index (Phi) is 3.62. The summed E-state index contributed by atoms with van der Waals surface area (Å²) < 4.78 is 6.19. The lowest BCUT2D eigenvalue weighted by atomic mass is 9.70. The van der Waals surface area contributed by atoms with Crippen molar-refractivity contribution in [1.29, 1.82) is 0 Å². The Labute approximate surface area is 159 Å². The topological polar surface area (TPSA) is 46.6 Å². The van der Waals surface area contributed by atoms with Crippen LogP contribution in [0.5, 0.6) is 0 Å². The van der Waals surface area contributed by atoms with E-state index in [2.05, 4.69) is 23.1 Å². The summed E-state index contributed by atoms with van der Waals surface area (Å²) in [6, 6.07) is 10.2. The molecule has 4 heteroatoms. The molecule has 1 amide bonds. The molecule has 3 atom stereocenters. The Balaban J connectivity index is 1.74. The minimum absolute atomic E-state index is 0.220. The second kappa shape index (κ2) is 5.82. The average molecular weight is 363 g/mol. The minimum atomic E-state index is -0.791. The molecule has 4 nitrogen and oxygen atoms in total. The SMILES string of the molecule is CC1=CC(=O)OC12/C(=C/c1ccccc1)CC1CCCCN3C(=O)CCC132. The van der Waals surface area contributed by atoms with Gasteiger partial charge in [0.2, 0.25) is 5.91 Å². The van der Waals surface area contributed by atoms with E-state index in [0.29, 0.717) is 12.3 Å². The monoisotopic (exact) mass is 363 g/mol. The summed E-state index contributed by atoms with van der Waals surface area (Å²) in [5.74, 6) is 0.290. The summed E-state index contributed by atoms with van der Waals surface area (Å²) >= 11 is 0. The molecule has 0 bridgehead atoms. The molecule has 0 N–H and O–H groups in total. The number of ether oxygens (including phenoxy) is 1. The maximum Gasteiger partial charge on any atom is 0.332 e. The van der Waals surface area contributed by atoms with E-state index in [9.17, 15) is 9.59 Å². The first-order valence-corrected chi connectivity index (χ1v) is 10.1. The molecule has 2 spiro atoms. The lowest BCUT2D eigenvalue weighted by Crippen LogP contribution is -2.63. The number of amides is 1. The van der Waals surface area contributed by atoms with E-state index in [0.717, 1.165) is 55.4 Å². The average Bonchev–Trinajstić information content (AvgIpc) is 3.18. The van der Waals surface area contributed by atoms with Gasteiger partial charge in [-0.1, -0.05) is 42.8 Å². The van der Waals surface area contributed by atoms with Crippen LogP contribution in [0.4, 0.5) is 0 Å². The Morgan fingerprint density at radius 1 is 1.19 bits per heavy atom. The van der Waals surface area contributed by atoms with E-state index >= 15 is 0 Å². The third-order valence-electron chi connectivity index (χ3n) is 7.17. The molecule has 3 fully saturated rings. The zero-order valence-electron chi connectivity index (χ0n) is 15.7. The Morgan fingerprint density at radius 3 is 2.74 bits per heavy atom. The third kappa shape index (κ3) is 2.10. The highest BCUT2D eigenvalue weighted by Gasteiger charge is 2.72. The highest BCUT2D eigenvalue weighted by Crippen LogP contribution is 2.63. The summed E-state index contributed by atoms with van der Waals surface area (Å²) in [6.45, 7) is 2.78. The van der Waals surface area contributed by atoms with E-state index in [-0.39, 0.29) is 11.9 Å². The zero-order chi connectivity index (χ0) is 18.6. The summed E-state index contributed by atoms with van der Waals surface area (Å²) in [4.78, 5) is 27.3. The van der Waals surface area contributed by atoms with Crippen molar-refractivity contribution in [3.05, 3.63) is 53.1 Å². The van der Waals surface area contributed by atoms with Crippen molar-refractivity contribution in [2.75, 3.05) is 6.54 Å².